The lowest BCUT2D eigenvalue weighted by Crippen LogP contribution is -2.47. The number of carbonyl (C=O) groups excluding carboxylic acids is 1. The van der Waals surface area contributed by atoms with E-state index in [0.717, 1.165) is 25.7 Å². The van der Waals surface area contributed by atoms with E-state index in [1.54, 1.807) is 7.11 Å². The van der Waals surface area contributed by atoms with Gasteiger partial charge in [-0.2, -0.15) is 0 Å². The predicted molar refractivity (Wildman–Crippen MR) is 107 cm³/mol. The lowest BCUT2D eigenvalue weighted by atomic mass is 9.84. The number of fused-ring (bicyclic) bond motifs is 2. The van der Waals surface area contributed by atoms with Gasteiger partial charge in [0.25, 0.3) is 0 Å². The molecule has 0 aromatic rings. The van der Waals surface area contributed by atoms with Crippen molar-refractivity contribution in [3.8, 4) is 0 Å². The molecule has 0 spiro atoms. The van der Waals surface area contributed by atoms with Crippen LogP contribution in [0.3, 0.4) is 0 Å². The highest BCUT2D eigenvalue weighted by molar-refractivity contribution is 5.66. The molecule has 0 amide bonds. The summed E-state index contributed by atoms with van der Waals surface area (Å²) in [7, 11) is 1.59. The molecule has 0 radical (unpaired) electrons. The number of hydrogen-bond donors (Lipinski definition) is 1. The van der Waals surface area contributed by atoms with Gasteiger partial charge in [-0.15, -0.1) is 0 Å². The molecule has 6 heteroatoms. The number of aliphatic hydroxyl groups is 1. The first-order chi connectivity index (χ1) is 13.2. The predicted octanol–water partition coefficient (Wildman–Crippen LogP) is 3.67. The zero-order valence-corrected chi connectivity index (χ0v) is 18.0. The smallest absolute Gasteiger partial charge is 0.302 e. The summed E-state index contributed by atoms with van der Waals surface area (Å²) in [4.78, 5) is 11.4. The quantitative estimate of drug-likeness (QED) is 0.434. The van der Waals surface area contributed by atoms with E-state index in [0.29, 0.717) is 12.8 Å². The van der Waals surface area contributed by atoms with Crippen molar-refractivity contribution in [1.82, 2.24) is 0 Å². The molecule has 28 heavy (non-hydrogen) atoms. The van der Waals surface area contributed by atoms with Gasteiger partial charge < -0.3 is 24.1 Å². The molecule has 1 N–H and O–H groups in total. The van der Waals surface area contributed by atoms with E-state index in [-0.39, 0.29) is 19.5 Å². The van der Waals surface area contributed by atoms with Crippen molar-refractivity contribution < 1.29 is 28.8 Å². The van der Waals surface area contributed by atoms with Crippen molar-refractivity contribution in [3.63, 3.8) is 0 Å². The third-order valence-corrected chi connectivity index (χ3v) is 5.87. The second-order valence-electron chi connectivity index (χ2n) is 8.45. The molecule has 0 aromatic heterocycles. The molecule has 1 fully saturated rings. The van der Waals surface area contributed by atoms with Gasteiger partial charge in [0.05, 0.1) is 17.8 Å². The van der Waals surface area contributed by atoms with Crippen LogP contribution in [-0.2, 0) is 23.7 Å². The maximum Gasteiger partial charge on any atom is 0.302 e. The van der Waals surface area contributed by atoms with Crippen molar-refractivity contribution in [1.29, 1.82) is 0 Å². The maximum atomic E-state index is 11.4. The van der Waals surface area contributed by atoms with E-state index in [1.165, 1.54) is 18.1 Å². The molecular weight excluding hydrogens is 360 g/mol. The summed E-state index contributed by atoms with van der Waals surface area (Å²) in [5.41, 5.74) is 0.671. The van der Waals surface area contributed by atoms with Crippen LogP contribution in [-0.4, -0.2) is 55.0 Å². The van der Waals surface area contributed by atoms with Crippen LogP contribution in [0, 0.1) is 0 Å². The largest absolute Gasteiger partial charge is 0.463 e. The fraction of sp³-hybridized carbons (Fsp3) is 0.773. The Morgan fingerprint density at radius 1 is 1.25 bits per heavy atom. The lowest BCUT2D eigenvalue weighted by molar-refractivity contribution is -0.167. The third kappa shape index (κ3) is 6.14. The molecule has 1 saturated heterocycles. The van der Waals surface area contributed by atoms with Crippen molar-refractivity contribution >= 4 is 5.97 Å². The summed E-state index contributed by atoms with van der Waals surface area (Å²) in [5.74, 6) is -0.412. The first kappa shape index (κ1) is 23.1. The van der Waals surface area contributed by atoms with Crippen LogP contribution in [0.4, 0.5) is 0 Å². The van der Waals surface area contributed by atoms with Gasteiger partial charge in [0.2, 0.25) is 0 Å². The number of methoxy groups -OCH3 is 1. The monoisotopic (exact) mass is 396 g/mol. The van der Waals surface area contributed by atoms with Crippen molar-refractivity contribution in [2.45, 2.75) is 89.6 Å². The van der Waals surface area contributed by atoms with Crippen molar-refractivity contribution in [3.05, 3.63) is 23.3 Å². The van der Waals surface area contributed by atoms with E-state index >= 15 is 0 Å². The number of ether oxygens (including phenoxy) is 4. The zero-order valence-electron chi connectivity index (χ0n) is 18.0. The highest BCUT2D eigenvalue weighted by atomic mass is 16.7. The Kier molecular flexibility index (Phi) is 8.25. The second-order valence-corrected chi connectivity index (χ2v) is 8.45. The number of esters is 1. The Balaban J connectivity index is 2.32. The summed E-state index contributed by atoms with van der Waals surface area (Å²) in [6, 6.07) is 0. The van der Waals surface area contributed by atoms with E-state index in [2.05, 4.69) is 19.9 Å². The van der Waals surface area contributed by atoms with Gasteiger partial charge >= 0.3 is 5.97 Å². The minimum atomic E-state index is -1.30. The molecule has 6 nitrogen and oxygen atoms in total. The van der Waals surface area contributed by atoms with E-state index < -0.39 is 23.3 Å². The van der Waals surface area contributed by atoms with Crippen LogP contribution in [0.2, 0.25) is 0 Å². The molecule has 2 rings (SSSR count). The lowest BCUT2D eigenvalue weighted by Gasteiger charge is -2.32. The standard InChI is InChI=1S/C22H36O6/c1-16-7-6-8-17(2)11-12-22(24,14-26-18(3)23)20-13-21(4,27-15-25-5)19(28-20)10-9-16/h7,11,19-20,24H,6,8-10,12-15H2,1-5H3/b16-7+,17-11+/t19-,20-,21+,22-/m0/s1. The van der Waals surface area contributed by atoms with E-state index in [4.69, 9.17) is 18.9 Å². The number of allylic oxidation sites excluding steroid dienone is 3. The Morgan fingerprint density at radius 3 is 2.64 bits per heavy atom. The molecule has 160 valence electrons. The van der Waals surface area contributed by atoms with Crippen LogP contribution in [0.25, 0.3) is 0 Å². The van der Waals surface area contributed by atoms with Gasteiger partial charge in [-0.3, -0.25) is 4.79 Å². The first-order valence-corrected chi connectivity index (χ1v) is 10.1. The van der Waals surface area contributed by atoms with Crippen molar-refractivity contribution in [2.75, 3.05) is 20.5 Å². The fourth-order valence-corrected chi connectivity index (χ4v) is 3.90. The fourth-order valence-electron chi connectivity index (χ4n) is 3.90. The Bertz CT molecular complexity index is 598. The number of hydrogen-bond acceptors (Lipinski definition) is 6. The summed E-state index contributed by atoms with van der Waals surface area (Å²) < 4.78 is 22.7. The van der Waals surface area contributed by atoms with Gasteiger partial charge in [0.15, 0.2) is 0 Å². The highest BCUT2D eigenvalue weighted by Crippen LogP contribution is 2.42. The van der Waals surface area contributed by atoms with Gasteiger partial charge in [-0.25, -0.2) is 0 Å². The normalized spacial score (nSPS) is 38.2. The van der Waals surface area contributed by atoms with E-state index in [1.807, 2.05) is 13.0 Å². The molecular formula is C22H36O6. The Hall–Kier alpha value is -1.21. The molecule has 2 aliphatic heterocycles. The number of rotatable bonds is 5. The molecule has 0 saturated carbocycles. The Morgan fingerprint density at radius 2 is 1.96 bits per heavy atom. The van der Waals surface area contributed by atoms with Crippen molar-refractivity contribution in [2.24, 2.45) is 0 Å². The molecule has 2 aliphatic rings. The molecule has 0 aromatic carbocycles. The summed E-state index contributed by atoms with van der Waals surface area (Å²) in [6.07, 6.45) is 8.16. The maximum absolute atomic E-state index is 11.4. The average molecular weight is 397 g/mol. The molecule has 0 unspecified atom stereocenters. The minimum Gasteiger partial charge on any atom is -0.463 e. The summed E-state index contributed by atoms with van der Waals surface area (Å²) >= 11 is 0. The van der Waals surface area contributed by atoms with Gasteiger partial charge in [-0.1, -0.05) is 23.3 Å². The van der Waals surface area contributed by atoms with E-state index in [9.17, 15) is 9.90 Å². The van der Waals surface area contributed by atoms with Gasteiger partial charge in [0, 0.05) is 26.9 Å². The molecule has 0 aliphatic carbocycles. The van der Waals surface area contributed by atoms with Crippen LogP contribution in [0.15, 0.2) is 23.3 Å². The number of carbonyl (C=O) groups is 1. The first-order valence-electron chi connectivity index (χ1n) is 10.1. The molecule has 2 heterocycles. The third-order valence-electron chi connectivity index (χ3n) is 5.87. The summed E-state index contributed by atoms with van der Waals surface area (Å²) in [5, 5.41) is 11.4. The summed E-state index contributed by atoms with van der Waals surface area (Å²) in [6.45, 7) is 7.65. The second kappa shape index (κ2) is 10.0. The Labute approximate surface area is 168 Å². The average Bonchev–Trinajstić information content (AvgIpc) is 2.98. The van der Waals surface area contributed by atoms with Crippen LogP contribution >= 0.6 is 0 Å². The zero-order chi connectivity index (χ0) is 20.8. The van der Waals surface area contributed by atoms with Gasteiger partial charge in [-0.05, 0) is 46.5 Å². The van der Waals surface area contributed by atoms with Crippen LogP contribution in [0.5, 0.6) is 0 Å². The molecule has 4 atom stereocenters. The topological polar surface area (TPSA) is 74.2 Å². The van der Waals surface area contributed by atoms with Gasteiger partial charge in [0.1, 0.15) is 19.0 Å². The van der Waals surface area contributed by atoms with Crippen LogP contribution < -0.4 is 0 Å². The SMILES string of the molecule is COCO[C@]1(C)C[C@@H]2O[C@H]1CC/C(C)=C/CC/C(C)=C/C[C@]2(O)COC(C)=O. The van der Waals surface area contributed by atoms with Crippen LogP contribution in [0.1, 0.15) is 66.2 Å². The molecule has 2 bridgehead atoms. The highest BCUT2D eigenvalue weighted by Gasteiger charge is 2.53. The minimum absolute atomic E-state index is 0.0961.